The molecule has 0 unspecified atom stereocenters. The Morgan fingerprint density at radius 1 is 0.958 bits per heavy atom. The fraction of sp³-hybridized carbons (Fsp3) is 0.0556. The van der Waals surface area contributed by atoms with E-state index < -0.39 is 0 Å². The lowest BCUT2D eigenvalue weighted by atomic mass is 10.1. The zero-order valence-corrected chi connectivity index (χ0v) is 13.4. The number of nitrogens with zero attached hydrogens (tertiary/aromatic N) is 4. The summed E-state index contributed by atoms with van der Waals surface area (Å²) in [5.41, 5.74) is 1.69. The SMILES string of the molecule is Fc1ccccc1/C=C/c1nn2c(Cc3ccccc3)nnc2s1. The smallest absolute Gasteiger partial charge is 0.206 e. The summed E-state index contributed by atoms with van der Waals surface area (Å²) >= 11 is 1.42. The van der Waals surface area contributed by atoms with E-state index in [2.05, 4.69) is 15.3 Å². The second-order valence-corrected chi connectivity index (χ2v) is 6.26. The van der Waals surface area contributed by atoms with Gasteiger partial charge in [-0.3, -0.25) is 0 Å². The fourth-order valence-corrected chi connectivity index (χ4v) is 3.16. The first-order chi connectivity index (χ1) is 11.8. The van der Waals surface area contributed by atoms with E-state index in [9.17, 15) is 4.39 Å². The molecule has 0 saturated carbocycles. The summed E-state index contributed by atoms with van der Waals surface area (Å²) in [6, 6.07) is 16.7. The summed E-state index contributed by atoms with van der Waals surface area (Å²) < 4.78 is 15.4. The van der Waals surface area contributed by atoms with Gasteiger partial charge in [-0.1, -0.05) is 59.9 Å². The van der Waals surface area contributed by atoms with Gasteiger partial charge in [0.05, 0.1) is 0 Å². The van der Waals surface area contributed by atoms with Gasteiger partial charge >= 0.3 is 0 Å². The Hall–Kier alpha value is -2.86. The minimum atomic E-state index is -0.249. The Bertz CT molecular complexity index is 1000. The fourth-order valence-electron chi connectivity index (χ4n) is 2.40. The van der Waals surface area contributed by atoms with Crippen molar-refractivity contribution in [1.82, 2.24) is 19.8 Å². The second-order valence-electron chi connectivity index (χ2n) is 5.27. The van der Waals surface area contributed by atoms with Gasteiger partial charge in [-0.05, 0) is 23.8 Å². The molecule has 0 aliphatic heterocycles. The molecule has 0 aliphatic rings. The van der Waals surface area contributed by atoms with Crippen LogP contribution in [0.4, 0.5) is 4.39 Å². The Morgan fingerprint density at radius 2 is 1.75 bits per heavy atom. The molecule has 0 aliphatic carbocycles. The van der Waals surface area contributed by atoms with Gasteiger partial charge in [-0.15, -0.1) is 10.2 Å². The third-order valence-corrected chi connectivity index (χ3v) is 4.45. The van der Waals surface area contributed by atoms with Gasteiger partial charge in [0.1, 0.15) is 10.8 Å². The van der Waals surface area contributed by atoms with Gasteiger partial charge in [-0.2, -0.15) is 9.61 Å². The lowest BCUT2D eigenvalue weighted by Crippen LogP contribution is -1.97. The molecular weight excluding hydrogens is 323 g/mol. The van der Waals surface area contributed by atoms with Crippen molar-refractivity contribution in [3.05, 3.63) is 82.4 Å². The number of aromatic nitrogens is 4. The van der Waals surface area contributed by atoms with E-state index in [1.54, 1.807) is 34.9 Å². The molecule has 4 rings (SSSR count). The maximum atomic E-state index is 13.6. The van der Waals surface area contributed by atoms with Crippen LogP contribution in [0.15, 0.2) is 54.6 Å². The molecule has 6 heteroatoms. The topological polar surface area (TPSA) is 43.1 Å². The van der Waals surface area contributed by atoms with Crippen molar-refractivity contribution in [3.8, 4) is 0 Å². The molecule has 0 radical (unpaired) electrons. The maximum absolute atomic E-state index is 13.6. The molecule has 2 aromatic carbocycles. The Kier molecular flexibility index (Phi) is 3.88. The van der Waals surface area contributed by atoms with Crippen molar-refractivity contribution in [2.45, 2.75) is 6.42 Å². The van der Waals surface area contributed by atoms with Crippen molar-refractivity contribution in [1.29, 1.82) is 0 Å². The molecule has 118 valence electrons. The highest BCUT2D eigenvalue weighted by molar-refractivity contribution is 7.17. The molecule has 2 aromatic heterocycles. The zero-order chi connectivity index (χ0) is 16.4. The zero-order valence-electron chi connectivity index (χ0n) is 12.6. The van der Waals surface area contributed by atoms with E-state index in [1.165, 1.54) is 17.4 Å². The van der Waals surface area contributed by atoms with Crippen LogP contribution in [0.5, 0.6) is 0 Å². The highest BCUT2D eigenvalue weighted by Crippen LogP contribution is 2.19. The largest absolute Gasteiger partial charge is 0.234 e. The second kappa shape index (κ2) is 6.33. The third kappa shape index (κ3) is 2.96. The van der Waals surface area contributed by atoms with Crippen LogP contribution in [0.1, 0.15) is 22.0 Å². The van der Waals surface area contributed by atoms with E-state index in [0.29, 0.717) is 12.0 Å². The summed E-state index contributed by atoms with van der Waals surface area (Å²) in [4.78, 5) is 0.731. The molecule has 0 amide bonds. The number of rotatable bonds is 4. The Morgan fingerprint density at radius 3 is 2.58 bits per heavy atom. The standard InChI is InChI=1S/C18H13FN4S/c19-15-9-5-4-8-14(15)10-11-17-22-23-16(20-21-18(23)24-17)12-13-6-2-1-3-7-13/h1-11H,12H2/b11-10+. The van der Waals surface area contributed by atoms with E-state index in [0.717, 1.165) is 21.4 Å². The van der Waals surface area contributed by atoms with Crippen molar-refractivity contribution < 1.29 is 4.39 Å². The van der Waals surface area contributed by atoms with Crippen molar-refractivity contribution in [2.75, 3.05) is 0 Å². The molecular formula is C18H13FN4S. The van der Waals surface area contributed by atoms with Gasteiger partial charge in [0, 0.05) is 12.0 Å². The van der Waals surface area contributed by atoms with Crippen LogP contribution in [0.3, 0.4) is 0 Å². The number of hydrogen-bond donors (Lipinski definition) is 0. The predicted molar refractivity (Wildman–Crippen MR) is 93.2 cm³/mol. The average Bonchev–Trinajstić information content (AvgIpc) is 3.17. The van der Waals surface area contributed by atoms with Crippen molar-refractivity contribution in [3.63, 3.8) is 0 Å². The Labute approximate surface area is 141 Å². The molecule has 24 heavy (non-hydrogen) atoms. The minimum Gasteiger partial charge on any atom is -0.206 e. The van der Waals surface area contributed by atoms with E-state index in [-0.39, 0.29) is 5.82 Å². The highest BCUT2D eigenvalue weighted by Gasteiger charge is 2.11. The molecule has 0 atom stereocenters. The number of hydrogen-bond acceptors (Lipinski definition) is 4. The van der Waals surface area contributed by atoms with Crippen LogP contribution >= 0.6 is 11.3 Å². The normalized spacial score (nSPS) is 11.5. The van der Waals surface area contributed by atoms with Gasteiger partial charge in [0.2, 0.25) is 4.96 Å². The predicted octanol–water partition coefficient (Wildman–Crippen LogP) is 4.09. The molecule has 0 spiro atoms. The van der Waals surface area contributed by atoms with Gasteiger partial charge < -0.3 is 0 Å². The number of fused-ring (bicyclic) bond motifs is 1. The summed E-state index contributed by atoms with van der Waals surface area (Å²) in [5.74, 6) is 0.541. The van der Waals surface area contributed by atoms with Crippen LogP contribution in [-0.4, -0.2) is 19.8 Å². The van der Waals surface area contributed by atoms with Crippen LogP contribution in [0, 0.1) is 5.82 Å². The quantitative estimate of drug-likeness (QED) is 0.564. The third-order valence-electron chi connectivity index (χ3n) is 3.59. The van der Waals surface area contributed by atoms with Crippen molar-refractivity contribution >= 4 is 28.4 Å². The molecule has 0 bridgehead atoms. The van der Waals surface area contributed by atoms with Gasteiger partial charge in [0.25, 0.3) is 0 Å². The summed E-state index contributed by atoms with van der Waals surface area (Å²) in [5, 5.41) is 13.6. The van der Waals surface area contributed by atoms with Crippen LogP contribution < -0.4 is 0 Å². The van der Waals surface area contributed by atoms with E-state index in [1.807, 2.05) is 30.3 Å². The number of halogens is 1. The van der Waals surface area contributed by atoms with Crippen LogP contribution in [-0.2, 0) is 6.42 Å². The first-order valence-corrected chi connectivity index (χ1v) is 8.29. The molecule has 4 aromatic rings. The molecule has 2 heterocycles. The molecule has 0 N–H and O–H groups in total. The average molecular weight is 336 g/mol. The lowest BCUT2D eigenvalue weighted by molar-refractivity contribution is 0.625. The van der Waals surface area contributed by atoms with Gasteiger partial charge in [-0.25, -0.2) is 4.39 Å². The van der Waals surface area contributed by atoms with Crippen LogP contribution in [0.25, 0.3) is 17.1 Å². The minimum absolute atomic E-state index is 0.249. The number of benzene rings is 2. The first-order valence-electron chi connectivity index (χ1n) is 7.47. The maximum Gasteiger partial charge on any atom is 0.234 e. The van der Waals surface area contributed by atoms with E-state index >= 15 is 0 Å². The lowest BCUT2D eigenvalue weighted by Gasteiger charge is -1.97. The molecule has 0 saturated heterocycles. The summed E-state index contributed by atoms with van der Waals surface area (Å²) in [6.07, 6.45) is 4.18. The molecule has 0 fully saturated rings. The Balaban J connectivity index is 1.61. The van der Waals surface area contributed by atoms with Crippen molar-refractivity contribution in [2.24, 2.45) is 0 Å². The van der Waals surface area contributed by atoms with Crippen LogP contribution in [0.2, 0.25) is 0 Å². The first kappa shape index (κ1) is 14.7. The highest BCUT2D eigenvalue weighted by atomic mass is 32.1. The summed E-state index contributed by atoms with van der Waals surface area (Å²) in [7, 11) is 0. The van der Waals surface area contributed by atoms with E-state index in [4.69, 9.17) is 0 Å². The van der Waals surface area contributed by atoms with Gasteiger partial charge in [0.15, 0.2) is 5.82 Å². The monoisotopic (exact) mass is 336 g/mol. The molecule has 4 nitrogen and oxygen atoms in total. The summed E-state index contributed by atoms with van der Waals surface area (Å²) in [6.45, 7) is 0.